The molecule has 5 nitrogen and oxygen atoms in total. The third-order valence-corrected chi connectivity index (χ3v) is 5.74. The van der Waals surface area contributed by atoms with Gasteiger partial charge < -0.3 is 14.8 Å². The maximum atomic E-state index is 13.2. The molecule has 0 saturated heterocycles. The first-order chi connectivity index (χ1) is 15.5. The number of carbonyl (C=O) groups excluding carboxylic acids is 2. The fourth-order valence-electron chi connectivity index (χ4n) is 4.01. The number of carbonyl (C=O) groups is 2. The van der Waals surface area contributed by atoms with Crippen molar-refractivity contribution in [3.8, 4) is 0 Å². The van der Waals surface area contributed by atoms with Crippen LogP contribution in [0.1, 0.15) is 37.8 Å². The van der Waals surface area contributed by atoms with E-state index in [0.29, 0.717) is 28.4 Å². The molecule has 0 saturated carbocycles. The molecular formula is C26H28ClNO4. The molecule has 0 amide bonds. The molecule has 2 unspecified atom stereocenters. The first-order valence-electron chi connectivity index (χ1n) is 10.8. The molecule has 2 aromatic rings. The summed E-state index contributed by atoms with van der Waals surface area (Å²) in [6, 6.07) is 17.2. The minimum atomic E-state index is -0.762. The number of allylic oxidation sites excluding steroid dienone is 2. The third kappa shape index (κ3) is 5.22. The van der Waals surface area contributed by atoms with Crippen molar-refractivity contribution < 1.29 is 19.1 Å². The number of esters is 2. The van der Waals surface area contributed by atoms with Crippen molar-refractivity contribution in [3.63, 3.8) is 0 Å². The standard InChI is InChI=1S/C26H28ClNO4/c1-4-31-25(29)22-17(3)15-21(28-16-18-11-7-6-8-12-18)24(26(30)32-5-2)23(22)19-13-9-10-14-20(19)27/h6-15,23-24,28H,4-5,16H2,1-3H3. The van der Waals surface area contributed by atoms with E-state index in [-0.39, 0.29) is 13.2 Å². The summed E-state index contributed by atoms with van der Waals surface area (Å²) in [6.07, 6.45) is 1.84. The number of hydrogen-bond acceptors (Lipinski definition) is 5. The number of ether oxygens (including phenoxy) is 2. The Kier molecular flexibility index (Phi) is 8.12. The lowest BCUT2D eigenvalue weighted by molar-refractivity contribution is -0.147. The maximum absolute atomic E-state index is 13.2. The summed E-state index contributed by atoms with van der Waals surface area (Å²) >= 11 is 6.55. The average Bonchev–Trinajstić information content (AvgIpc) is 2.78. The zero-order valence-electron chi connectivity index (χ0n) is 18.6. The number of nitrogens with one attached hydrogen (secondary N) is 1. The normalized spacial score (nSPS) is 18.1. The van der Waals surface area contributed by atoms with Crippen LogP contribution in [-0.2, 0) is 25.6 Å². The fraction of sp³-hybridized carbons (Fsp3) is 0.308. The summed E-state index contributed by atoms with van der Waals surface area (Å²) in [5.74, 6) is -2.27. The third-order valence-electron chi connectivity index (χ3n) is 5.39. The van der Waals surface area contributed by atoms with E-state index in [1.165, 1.54) is 0 Å². The van der Waals surface area contributed by atoms with Gasteiger partial charge in [-0.2, -0.15) is 0 Å². The van der Waals surface area contributed by atoms with Crippen molar-refractivity contribution in [2.75, 3.05) is 13.2 Å². The molecule has 2 atom stereocenters. The summed E-state index contributed by atoms with van der Waals surface area (Å²) in [5, 5.41) is 3.88. The Balaban J connectivity index is 2.12. The van der Waals surface area contributed by atoms with Gasteiger partial charge in [0.2, 0.25) is 0 Å². The van der Waals surface area contributed by atoms with Crippen molar-refractivity contribution in [3.05, 3.63) is 93.7 Å². The summed E-state index contributed by atoms with van der Waals surface area (Å²) in [5.41, 5.74) is 3.58. The smallest absolute Gasteiger partial charge is 0.334 e. The average molecular weight is 454 g/mol. The second-order valence-electron chi connectivity index (χ2n) is 7.48. The summed E-state index contributed by atoms with van der Waals surface area (Å²) in [7, 11) is 0. The second kappa shape index (κ2) is 11.0. The minimum Gasteiger partial charge on any atom is -0.465 e. The van der Waals surface area contributed by atoms with Crippen LogP contribution >= 0.6 is 11.6 Å². The molecule has 168 valence electrons. The van der Waals surface area contributed by atoms with Crippen LogP contribution in [0.3, 0.4) is 0 Å². The molecule has 2 aromatic carbocycles. The molecule has 1 aliphatic carbocycles. The van der Waals surface area contributed by atoms with Crippen LogP contribution in [0.15, 0.2) is 77.5 Å². The first kappa shape index (κ1) is 23.6. The van der Waals surface area contributed by atoms with E-state index in [1.807, 2.05) is 61.5 Å². The Bertz CT molecular complexity index is 1030. The molecule has 0 aromatic heterocycles. The molecule has 0 aliphatic heterocycles. The minimum absolute atomic E-state index is 0.230. The topological polar surface area (TPSA) is 64.6 Å². The molecule has 0 radical (unpaired) electrons. The highest BCUT2D eigenvalue weighted by Crippen LogP contribution is 2.44. The number of benzene rings is 2. The Hall–Kier alpha value is -3.05. The van der Waals surface area contributed by atoms with Crippen molar-refractivity contribution in [2.24, 2.45) is 5.92 Å². The van der Waals surface area contributed by atoms with E-state index in [1.54, 1.807) is 19.9 Å². The van der Waals surface area contributed by atoms with E-state index in [2.05, 4.69) is 5.32 Å². The van der Waals surface area contributed by atoms with Crippen LogP contribution in [-0.4, -0.2) is 25.2 Å². The lowest BCUT2D eigenvalue weighted by Gasteiger charge is -2.34. The highest BCUT2D eigenvalue weighted by Gasteiger charge is 2.43. The number of hydrogen-bond donors (Lipinski definition) is 1. The van der Waals surface area contributed by atoms with Gasteiger partial charge in [0.1, 0.15) is 5.92 Å². The molecule has 0 bridgehead atoms. The van der Waals surface area contributed by atoms with Crippen LogP contribution in [0.25, 0.3) is 0 Å². The van der Waals surface area contributed by atoms with E-state index in [9.17, 15) is 9.59 Å². The zero-order valence-corrected chi connectivity index (χ0v) is 19.3. The lowest BCUT2D eigenvalue weighted by atomic mass is 9.73. The zero-order chi connectivity index (χ0) is 23.1. The summed E-state index contributed by atoms with van der Waals surface area (Å²) in [4.78, 5) is 26.2. The SMILES string of the molecule is CCOC(=O)C1=C(C)C=C(NCc2ccccc2)C(C(=O)OCC)C1c1ccccc1Cl. The second-order valence-corrected chi connectivity index (χ2v) is 7.89. The van der Waals surface area contributed by atoms with Crippen molar-refractivity contribution in [1.82, 2.24) is 5.32 Å². The molecule has 3 rings (SSSR count). The van der Waals surface area contributed by atoms with Crippen LogP contribution in [0.4, 0.5) is 0 Å². The summed E-state index contributed by atoms with van der Waals surface area (Å²) < 4.78 is 10.8. The predicted molar refractivity (Wildman–Crippen MR) is 125 cm³/mol. The molecule has 0 spiro atoms. The van der Waals surface area contributed by atoms with Gasteiger partial charge in [-0.1, -0.05) is 60.1 Å². The monoisotopic (exact) mass is 453 g/mol. The van der Waals surface area contributed by atoms with Gasteiger partial charge in [-0.25, -0.2) is 4.79 Å². The van der Waals surface area contributed by atoms with Crippen molar-refractivity contribution in [1.29, 1.82) is 0 Å². The van der Waals surface area contributed by atoms with Crippen LogP contribution in [0.5, 0.6) is 0 Å². The van der Waals surface area contributed by atoms with Crippen molar-refractivity contribution >= 4 is 23.5 Å². The van der Waals surface area contributed by atoms with Crippen molar-refractivity contribution in [2.45, 2.75) is 33.2 Å². The Labute approximate surface area is 194 Å². The van der Waals surface area contributed by atoms with E-state index in [4.69, 9.17) is 21.1 Å². The molecule has 32 heavy (non-hydrogen) atoms. The van der Waals surface area contributed by atoms with E-state index < -0.39 is 23.8 Å². The molecular weight excluding hydrogens is 426 g/mol. The molecule has 1 N–H and O–H groups in total. The van der Waals surface area contributed by atoms with Crippen LogP contribution < -0.4 is 5.32 Å². The Morgan fingerprint density at radius 3 is 2.28 bits per heavy atom. The predicted octanol–water partition coefficient (Wildman–Crippen LogP) is 5.17. The van der Waals surface area contributed by atoms with Gasteiger partial charge in [0.05, 0.1) is 13.2 Å². The molecule has 1 aliphatic rings. The van der Waals surface area contributed by atoms with Crippen LogP contribution in [0, 0.1) is 5.92 Å². The number of halogens is 1. The molecule has 0 fully saturated rings. The van der Waals surface area contributed by atoms with Gasteiger partial charge >= 0.3 is 11.9 Å². The highest BCUT2D eigenvalue weighted by atomic mass is 35.5. The van der Waals surface area contributed by atoms with Gasteiger partial charge in [-0.3, -0.25) is 4.79 Å². The maximum Gasteiger partial charge on any atom is 0.334 e. The molecule has 0 heterocycles. The van der Waals surface area contributed by atoms with Gasteiger partial charge in [-0.05, 0) is 49.6 Å². The fourth-order valence-corrected chi connectivity index (χ4v) is 4.26. The molecule has 6 heteroatoms. The highest BCUT2D eigenvalue weighted by molar-refractivity contribution is 6.31. The van der Waals surface area contributed by atoms with Gasteiger partial charge in [0, 0.05) is 28.8 Å². The summed E-state index contributed by atoms with van der Waals surface area (Å²) in [6.45, 7) is 6.36. The van der Waals surface area contributed by atoms with Gasteiger partial charge in [-0.15, -0.1) is 0 Å². The quantitative estimate of drug-likeness (QED) is 0.558. The largest absolute Gasteiger partial charge is 0.465 e. The van der Waals surface area contributed by atoms with E-state index in [0.717, 1.165) is 11.1 Å². The van der Waals surface area contributed by atoms with Crippen LogP contribution in [0.2, 0.25) is 5.02 Å². The van der Waals surface area contributed by atoms with Gasteiger partial charge in [0.15, 0.2) is 0 Å². The Morgan fingerprint density at radius 1 is 0.969 bits per heavy atom. The first-order valence-corrected chi connectivity index (χ1v) is 11.1. The van der Waals surface area contributed by atoms with E-state index >= 15 is 0 Å². The van der Waals surface area contributed by atoms with Gasteiger partial charge in [0.25, 0.3) is 0 Å². The lowest BCUT2D eigenvalue weighted by Crippen LogP contribution is -2.37. The Morgan fingerprint density at radius 2 is 1.62 bits per heavy atom. The number of rotatable bonds is 8.